The van der Waals surface area contributed by atoms with Gasteiger partial charge >= 0.3 is 0 Å². The molecule has 0 radical (unpaired) electrons. The Balaban J connectivity index is 1.74. The first-order valence-electron chi connectivity index (χ1n) is 6.25. The molecule has 0 aliphatic heterocycles. The molecule has 1 aromatic carbocycles. The van der Waals surface area contributed by atoms with Crippen LogP contribution in [0.4, 0.5) is 5.69 Å². The van der Waals surface area contributed by atoms with Crippen LogP contribution in [0.1, 0.15) is 31.2 Å². The minimum absolute atomic E-state index is 0.666. The Bertz CT molecular complexity index is 402. The zero-order valence-electron chi connectivity index (χ0n) is 9.67. The van der Waals surface area contributed by atoms with Gasteiger partial charge < -0.3 is 5.32 Å². The maximum Gasteiger partial charge on any atom is 0.0640 e. The van der Waals surface area contributed by atoms with E-state index in [1.165, 1.54) is 31.2 Å². The Hall–Kier alpha value is -0.690. The first-order chi connectivity index (χ1) is 7.72. The molecule has 16 heavy (non-hydrogen) atoms. The van der Waals surface area contributed by atoms with Crippen molar-refractivity contribution in [2.45, 2.75) is 38.6 Å². The minimum atomic E-state index is 0.666. The van der Waals surface area contributed by atoms with Gasteiger partial charge in [0.1, 0.15) is 0 Å². The van der Waals surface area contributed by atoms with E-state index in [2.05, 4.69) is 24.4 Å². The third-order valence-corrected chi connectivity index (χ3v) is 4.52. The highest BCUT2D eigenvalue weighted by Gasteiger charge is 2.39. The van der Waals surface area contributed by atoms with Gasteiger partial charge in [0, 0.05) is 6.04 Å². The Morgan fingerprint density at radius 1 is 1.25 bits per heavy atom. The summed E-state index contributed by atoms with van der Waals surface area (Å²) in [5.41, 5.74) is 2.34. The number of anilines is 1. The fraction of sp³-hybridized carbons (Fsp3) is 0.571. The van der Waals surface area contributed by atoms with Crippen LogP contribution in [0.25, 0.3) is 0 Å². The van der Waals surface area contributed by atoms with Gasteiger partial charge in [-0.05, 0) is 55.7 Å². The predicted octanol–water partition coefficient (Wildman–Crippen LogP) is 4.25. The number of hydrogen-bond acceptors (Lipinski definition) is 1. The second-order valence-corrected chi connectivity index (χ2v) is 5.82. The van der Waals surface area contributed by atoms with Crippen molar-refractivity contribution in [2.75, 3.05) is 5.32 Å². The quantitative estimate of drug-likeness (QED) is 0.808. The molecule has 2 bridgehead atoms. The summed E-state index contributed by atoms with van der Waals surface area (Å²) in [4.78, 5) is 0. The zero-order valence-corrected chi connectivity index (χ0v) is 10.4. The van der Waals surface area contributed by atoms with Crippen LogP contribution in [0.3, 0.4) is 0 Å². The summed E-state index contributed by atoms with van der Waals surface area (Å²) in [6.45, 7) is 2.08. The number of aryl methyl sites for hydroxylation is 1. The van der Waals surface area contributed by atoms with Crippen molar-refractivity contribution in [3.8, 4) is 0 Å². The molecule has 2 saturated carbocycles. The van der Waals surface area contributed by atoms with Crippen LogP contribution in [0.5, 0.6) is 0 Å². The standard InChI is InChI=1S/C14H18ClN/c1-9-2-5-13(12(15)6-9)16-14-8-10-3-4-11(14)7-10/h2,5-6,10-11,14,16H,3-4,7-8H2,1H3. The smallest absolute Gasteiger partial charge is 0.0640 e. The van der Waals surface area contributed by atoms with Gasteiger partial charge in [-0.15, -0.1) is 0 Å². The minimum Gasteiger partial charge on any atom is -0.381 e. The van der Waals surface area contributed by atoms with E-state index in [0.717, 1.165) is 22.5 Å². The highest BCUT2D eigenvalue weighted by Crippen LogP contribution is 2.45. The molecule has 0 spiro atoms. The molecule has 0 amide bonds. The van der Waals surface area contributed by atoms with Crippen LogP contribution in [0.15, 0.2) is 18.2 Å². The van der Waals surface area contributed by atoms with Crippen LogP contribution in [-0.2, 0) is 0 Å². The van der Waals surface area contributed by atoms with Gasteiger partial charge in [0.05, 0.1) is 10.7 Å². The number of fused-ring (bicyclic) bond motifs is 2. The van der Waals surface area contributed by atoms with E-state index in [4.69, 9.17) is 11.6 Å². The highest BCUT2D eigenvalue weighted by molar-refractivity contribution is 6.33. The molecule has 0 aromatic heterocycles. The van der Waals surface area contributed by atoms with Crippen molar-refractivity contribution in [2.24, 2.45) is 11.8 Å². The third kappa shape index (κ3) is 1.82. The Labute approximate surface area is 102 Å². The van der Waals surface area contributed by atoms with E-state index in [9.17, 15) is 0 Å². The largest absolute Gasteiger partial charge is 0.381 e. The van der Waals surface area contributed by atoms with Crippen LogP contribution in [0.2, 0.25) is 5.02 Å². The molecular weight excluding hydrogens is 218 g/mol. The summed E-state index contributed by atoms with van der Waals surface area (Å²) >= 11 is 6.25. The van der Waals surface area contributed by atoms with Crippen molar-refractivity contribution in [1.82, 2.24) is 0 Å². The van der Waals surface area contributed by atoms with Crippen LogP contribution in [-0.4, -0.2) is 6.04 Å². The lowest BCUT2D eigenvalue weighted by Gasteiger charge is -2.24. The van der Waals surface area contributed by atoms with Crippen molar-refractivity contribution in [1.29, 1.82) is 0 Å². The Morgan fingerprint density at radius 2 is 2.12 bits per heavy atom. The summed E-state index contributed by atoms with van der Waals surface area (Å²) < 4.78 is 0. The van der Waals surface area contributed by atoms with Gasteiger partial charge in [0.2, 0.25) is 0 Å². The molecule has 1 N–H and O–H groups in total. The molecule has 3 unspecified atom stereocenters. The molecule has 0 heterocycles. The van der Waals surface area contributed by atoms with Crippen molar-refractivity contribution >= 4 is 17.3 Å². The first kappa shape index (κ1) is 10.5. The van der Waals surface area contributed by atoms with Gasteiger partial charge in [-0.1, -0.05) is 24.1 Å². The number of nitrogens with one attached hydrogen (secondary N) is 1. The van der Waals surface area contributed by atoms with Crippen molar-refractivity contribution in [3.63, 3.8) is 0 Å². The zero-order chi connectivity index (χ0) is 11.1. The number of rotatable bonds is 2. The van der Waals surface area contributed by atoms with Gasteiger partial charge in [-0.3, -0.25) is 0 Å². The Kier molecular flexibility index (Phi) is 2.59. The van der Waals surface area contributed by atoms with Crippen LogP contribution < -0.4 is 5.32 Å². The van der Waals surface area contributed by atoms with Crippen LogP contribution >= 0.6 is 11.6 Å². The molecule has 1 aromatic rings. The second-order valence-electron chi connectivity index (χ2n) is 5.41. The molecule has 1 nitrogen and oxygen atoms in total. The average Bonchev–Trinajstić information content (AvgIpc) is 2.84. The van der Waals surface area contributed by atoms with Crippen molar-refractivity contribution < 1.29 is 0 Å². The second kappa shape index (κ2) is 3.96. The van der Waals surface area contributed by atoms with Gasteiger partial charge in [0.15, 0.2) is 0 Å². The lowest BCUT2D eigenvalue weighted by atomic mass is 9.95. The SMILES string of the molecule is Cc1ccc(NC2CC3CCC2C3)c(Cl)c1. The number of halogens is 1. The van der Waals surface area contributed by atoms with E-state index in [1.807, 2.05) is 6.07 Å². The summed E-state index contributed by atoms with van der Waals surface area (Å²) in [5, 5.41) is 4.50. The van der Waals surface area contributed by atoms with Crippen molar-refractivity contribution in [3.05, 3.63) is 28.8 Å². The Morgan fingerprint density at radius 3 is 2.75 bits per heavy atom. The summed E-state index contributed by atoms with van der Waals surface area (Å²) in [6, 6.07) is 6.95. The number of hydrogen-bond donors (Lipinski definition) is 1. The maximum atomic E-state index is 6.25. The molecule has 2 fully saturated rings. The normalized spacial score (nSPS) is 32.0. The highest BCUT2D eigenvalue weighted by atomic mass is 35.5. The van der Waals surface area contributed by atoms with Gasteiger partial charge in [-0.2, -0.15) is 0 Å². The van der Waals surface area contributed by atoms with E-state index < -0.39 is 0 Å². The molecule has 2 heteroatoms. The van der Waals surface area contributed by atoms with E-state index >= 15 is 0 Å². The molecular formula is C14H18ClN. The average molecular weight is 236 g/mol. The summed E-state index contributed by atoms with van der Waals surface area (Å²) in [6.07, 6.45) is 5.63. The van der Waals surface area contributed by atoms with E-state index in [-0.39, 0.29) is 0 Å². The molecule has 0 saturated heterocycles. The lowest BCUT2D eigenvalue weighted by Crippen LogP contribution is -2.25. The van der Waals surface area contributed by atoms with E-state index in [1.54, 1.807) is 0 Å². The fourth-order valence-electron chi connectivity index (χ4n) is 3.36. The summed E-state index contributed by atoms with van der Waals surface area (Å²) in [7, 11) is 0. The lowest BCUT2D eigenvalue weighted by molar-refractivity contribution is 0.440. The molecule has 3 atom stereocenters. The molecule has 3 rings (SSSR count). The molecule has 2 aliphatic carbocycles. The van der Waals surface area contributed by atoms with E-state index in [0.29, 0.717) is 6.04 Å². The maximum absolute atomic E-state index is 6.25. The fourth-order valence-corrected chi connectivity index (χ4v) is 3.65. The molecule has 86 valence electrons. The van der Waals surface area contributed by atoms with Gasteiger partial charge in [0.25, 0.3) is 0 Å². The van der Waals surface area contributed by atoms with Crippen LogP contribution in [0, 0.1) is 18.8 Å². The van der Waals surface area contributed by atoms with Gasteiger partial charge in [-0.25, -0.2) is 0 Å². The monoisotopic (exact) mass is 235 g/mol. The predicted molar refractivity (Wildman–Crippen MR) is 69.0 cm³/mol. The third-order valence-electron chi connectivity index (χ3n) is 4.20. The number of benzene rings is 1. The topological polar surface area (TPSA) is 12.0 Å². The summed E-state index contributed by atoms with van der Waals surface area (Å²) in [5.74, 6) is 1.87. The molecule has 2 aliphatic rings. The first-order valence-corrected chi connectivity index (χ1v) is 6.63.